The SMILES string of the molecule is CCC1CCC(COc2ccc(OCC3CCC(C4CCC(CC)CC4)CC3)c(F)c2F)CC1. The molecule has 2 nitrogen and oxygen atoms in total. The van der Waals surface area contributed by atoms with Crippen LogP contribution in [0.3, 0.4) is 0 Å². The summed E-state index contributed by atoms with van der Waals surface area (Å²) in [5.74, 6) is 2.64. The quantitative estimate of drug-likeness (QED) is 0.354. The highest BCUT2D eigenvalue weighted by Crippen LogP contribution is 2.42. The molecule has 0 bridgehead atoms. The summed E-state index contributed by atoms with van der Waals surface area (Å²) in [6.07, 6.45) is 17.7. The summed E-state index contributed by atoms with van der Waals surface area (Å²) in [4.78, 5) is 0. The lowest BCUT2D eigenvalue weighted by Crippen LogP contribution is -2.27. The third kappa shape index (κ3) is 6.66. The van der Waals surface area contributed by atoms with Crippen molar-refractivity contribution in [2.24, 2.45) is 35.5 Å². The molecule has 0 aromatic heterocycles. The van der Waals surface area contributed by atoms with Gasteiger partial charge in [-0.2, -0.15) is 8.78 Å². The van der Waals surface area contributed by atoms with Crippen molar-refractivity contribution in [3.8, 4) is 11.5 Å². The molecule has 34 heavy (non-hydrogen) atoms. The molecule has 3 fully saturated rings. The first kappa shape index (κ1) is 25.8. The molecule has 3 aliphatic carbocycles. The minimum atomic E-state index is -0.911. The van der Waals surface area contributed by atoms with Crippen molar-refractivity contribution in [1.29, 1.82) is 0 Å². The van der Waals surface area contributed by atoms with Crippen LogP contribution in [0.4, 0.5) is 8.78 Å². The van der Waals surface area contributed by atoms with Gasteiger partial charge in [-0.05, 0) is 99.0 Å². The maximum Gasteiger partial charge on any atom is 0.204 e. The van der Waals surface area contributed by atoms with Crippen LogP contribution in [0.2, 0.25) is 0 Å². The Morgan fingerprint density at radius 3 is 1.26 bits per heavy atom. The fourth-order valence-electron chi connectivity index (χ4n) is 6.85. The van der Waals surface area contributed by atoms with Gasteiger partial charge in [-0.15, -0.1) is 0 Å². The fourth-order valence-corrected chi connectivity index (χ4v) is 6.85. The lowest BCUT2D eigenvalue weighted by Gasteiger charge is -2.37. The molecule has 0 spiro atoms. The summed E-state index contributed by atoms with van der Waals surface area (Å²) in [6, 6.07) is 3.08. The maximum atomic E-state index is 14.7. The zero-order valence-electron chi connectivity index (χ0n) is 21.5. The molecule has 0 unspecified atom stereocenters. The van der Waals surface area contributed by atoms with Gasteiger partial charge in [0.2, 0.25) is 11.6 Å². The van der Waals surface area contributed by atoms with Crippen molar-refractivity contribution >= 4 is 0 Å². The lowest BCUT2D eigenvalue weighted by molar-refractivity contribution is 0.121. The normalized spacial score (nSPS) is 32.4. The van der Waals surface area contributed by atoms with Gasteiger partial charge in [0.15, 0.2) is 11.5 Å². The number of halogens is 2. The Bertz CT molecular complexity index is 742. The number of benzene rings is 1. The predicted molar refractivity (Wildman–Crippen MR) is 134 cm³/mol. The number of hydrogen-bond acceptors (Lipinski definition) is 2. The first-order valence-corrected chi connectivity index (χ1v) is 14.3. The van der Waals surface area contributed by atoms with Gasteiger partial charge in [0.1, 0.15) is 0 Å². The third-order valence-corrected chi connectivity index (χ3v) is 9.53. The van der Waals surface area contributed by atoms with Gasteiger partial charge in [0.25, 0.3) is 0 Å². The molecule has 0 saturated heterocycles. The van der Waals surface area contributed by atoms with Crippen LogP contribution < -0.4 is 9.47 Å². The summed E-state index contributed by atoms with van der Waals surface area (Å²) in [6.45, 7) is 5.51. The number of hydrogen-bond donors (Lipinski definition) is 0. The van der Waals surface area contributed by atoms with Gasteiger partial charge >= 0.3 is 0 Å². The fraction of sp³-hybridized carbons (Fsp3) is 0.800. The van der Waals surface area contributed by atoms with E-state index in [1.165, 1.54) is 70.3 Å². The second kappa shape index (κ2) is 12.6. The summed E-state index contributed by atoms with van der Waals surface area (Å²) in [5.41, 5.74) is 0. The second-order valence-corrected chi connectivity index (χ2v) is 11.6. The van der Waals surface area contributed by atoms with Crippen LogP contribution in [0.15, 0.2) is 12.1 Å². The monoisotopic (exact) mass is 476 g/mol. The van der Waals surface area contributed by atoms with Crippen molar-refractivity contribution in [3.05, 3.63) is 23.8 Å². The van der Waals surface area contributed by atoms with Crippen molar-refractivity contribution in [1.82, 2.24) is 0 Å². The number of rotatable bonds is 9. The van der Waals surface area contributed by atoms with Gasteiger partial charge in [-0.3, -0.25) is 0 Å². The molecule has 192 valence electrons. The Morgan fingerprint density at radius 1 is 0.559 bits per heavy atom. The molecule has 0 radical (unpaired) electrons. The van der Waals surface area contributed by atoms with Gasteiger partial charge < -0.3 is 9.47 Å². The molecule has 0 heterocycles. The van der Waals surface area contributed by atoms with E-state index in [4.69, 9.17) is 9.47 Å². The molecule has 0 aliphatic heterocycles. The van der Waals surface area contributed by atoms with Crippen LogP contribution in [0.5, 0.6) is 11.5 Å². The topological polar surface area (TPSA) is 18.5 Å². The molecule has 3 aliphatic rings. The lowest BCUT2D eigenvalue weighted by atomic mass is 9.69. The summed E-state index contributed by atoms with van der Waals surface area (Å²) >= 11 is 0. The average molecular weight is 477 g/mol. The van der Waals surface area contributed by atoms with E-state index in [9.17, 15) is 8.78 Å². The largest absolute Gasteiger partial charge is 0.490 e. The van der Waals surface area contributed by atoms with Crippen LogP contribution >= 0.6 is 0 Å². The summed E-state index contributed by atoms with van der Waals surface area (Å²) < 4.78 is 40.8. The Labute approximate surface area is 206 Å². The second-order valence-electron chi connectivity index (χ2n) is 11.6. The summed E-state index contributed by atoms with van der Waals surface area (Å²) in [5, 5.41) is 0. The predicted octanol–water partition coefficient (Wildman–Crippen LogP) is 8.96. The van der Waals surface area contributed by atoms with Crippen molar-refractivity contribution in [3.63, 3.8) is 0 Å². The van der Waals surface area contributed by atoms with E-state index in [0.717, 1.165) is 49.4 Å². The van der Waals surface area contributed by atoms with Crippen LogP contribution in [0, 0.1) is 47.1 Å². The van der Waals surface area contributed by atoms with E-state index >= 15 is 0 Å². The molecule has 4 rings (SSSR count). The van der Waals surface area contributed by atoms with Gasteiger partial charge in [-0.25, -0.2) is 0 Å². The van der Waals surface area contributed by atoms with E-state index in [1.54, 1.807) is 6.07 Å². The van der Waals surface area contributed by atoms with E-state index in [2.05, 4.69) is 13.8 Å². The molecular formula is C30H46F2O2. The Balaban J connectivity index is 1.19. The molecule has 0 atom stereocenters. The highest BCUT2D eigenvalue weighted by atomic mass is 19.2. The molecule has 1 aromatic rings. The van der Waals surface area contributed by atoms with Crippen molar-refractivity contribution in [2.45, 2.75) is 104 Å². The molecule has 0 amide bonds. The smallest absolute Gasteiger partial charge is 0.204 e. The van der Waals surface area contributed by atoms with Crippen LogP contribution in [-0.2, 0) is 0 Å². The van der Waals surface area contributed by atoms with Gasteiger partial charge in [-0.1, -0.05) is 52.4 Å². The van der Waals surface area contributed by atoms with E-state index in [1.807, 2.05) is 0 Å². The van der Waals surface area contributed by atoms with E-state index < -0.39 is 11.6 Å². The molecule has 3 saturated carbocycles. The van der Waals surface area contributed by atoms with E-state index in [0.29, 0.717) is 25.0 Å². The molecule has 4 heteroatoms. The highest BCUT2D eigenvalue weighted by molar-refractivity contribution is 5.35. The molecular weight excluding hydrogens is 430 g/mol. The van der Waals surface area contributed by atoms with E-state index in [-0.39, 0.29) is 11.5 Å². The minimum absolute atomic E-state index is 0.0146. The van der Waals surface area contributed by atoms with Crippen LogP contribution in [0.25, 0.3) is 0 Å². The van der Waals surface area contributed by atoms with Crippen LogP contribution in [-0.4, -0.2) is 13.2 Å². The zero-order valence-corrected chi connectivity index (χ0v) is 21.5. The number of ether oxygens (including phenoxy) is 2. The first-order valence-electron chi connectivity index (χ1n) is 14.3. The van der Waals surface area contributed by atoms with Gasteiger partial charge in [0.05, 0.1) is 13.2 Å². The Hall–Kier alpha value is -1.32. The Morgan fingerprint density at radius 2 is 0.882 bits per heavy atom. The first-order chi connectivity index (χ1) is 16.6. The third-order valence-electron chi connectivity index (χ3n) is 9.53. The highest BCUT2D eigenvalue weighted by Gasteiger charge is 2.31. The van der Waals surface area contributed by atoms with Crippen molar-refractivity contribution in [2.75, 3.05) is 13.2 Å². The summed E-state index contributed by atoms with van der Waals surface area (Å²) in [7, 11) is 0. The Kier molecular flexibility index (Phi) is 9.53. The van der Waals surface area contributed by atoms with Crippen molar-refractivity contribution < 1.29 is 18.3 Å². The molecule has 0 N–H and O–H groups in total. The standard InChI is InChI=1S/C30H46F2O2/c1-3-21-5-7-23(8-6-21)19-33-27-17-18-28(30(32)29(27)31)34-20-24-11-15-26(16-12-24)25-13-9-22(4-2)10-14-25/h17-18,21-26H,3-16,19-20H2,1-2H3. The molecule has 1 aromatic carbocycles. The maximum absolute atomic E-state index is 14.7. The zero-order chi connectivity index (χ0) is 23.9. The van der Waals surface area contributed by atoms with Gasteiger partial charge in [0, 0.05) is 0 Å². The minimum Gasteiger partial charge on any atom is -0.490 e. The average Bonchev–Trinajstić information content (AvgIpc) is 2.89. The van der Waals surface area contributed by atoms with Crippen LogP contribution in [0.1, 0.15) is 104 Å².